The maximum absolute atomic E-state index is 11.9. The lowest BCUT2D eigenvalue weighted by atomic mass is 10.1. The normalized spacial score (nSPS) is 15.8. The van der Waals surface area contributed by atoms with Crippen molar-refractivity contribution in [3.8, 4) is 0 Å². The summed E-state index contributed by atoms with van der Waals surface area (Å²) in [6, 6.07) is 6.20. The van der Waals surface area contributed by atoms with Crippen LogP contribution in [-0.4, -0.2) is 16.9 Å². The van der Waals surface area contributed by atoms with Crippen molar-refractivity contribution >= 4 is 11.6 Å². The fourth-order valence-electron chi connectivity index (χ4n) is 2.16. The molecule has 0 atom stereocenters. The van der Waals surface area contributed by atoms with Gasteiger partial charge in [0.2, 0.25) is 0 Å². The van der Waals surface area contributed by atoms with Crippen LogP contribution >= 0.6 is 0 Å². The highest BCUT2D eigenvalue weighted by Gasteiger charge is 2.23. The van der Waals surface area contributed by atoms with Crippen LogP contribution in [0.25, 0.3) is 0 Å². The third-order valence-corrected chi connectivity index (χ3v) is 3.04. The number of nitrogens with one attached hydrogen (secondary N) is 1. The van der Waals surface area contributed by atoms with Crippen molar-refractivity contribution in [3.05, 3.63) is 39.9 Å². The average Bonchev–Trinajstić information content (AvgIpc) is 2.81. The topological polar surface area (TPSA) is 72.2 Å². The second-order valence-corrected chi connectivity index (χ2v) is 4.23. The average molecular weight is 234 g/mol. The molecule has 1 aromatic rings. The van der Waals surface area contributed by atoms with E-state index >= 15 is 0 Å². The van der Waals surface area contributed by atoms with Gasteiger partial charge in [-0.15, -0.1) is 0 Å². The van der Waals surface area contributed by atoms with E-state index in [2.05, 4.69) is 5.32 Å². The SMILES string of the molecule is O=C(NC1CCCC1)c1ccccc1[N+](=O)[O-]. The number of nitrogens with zero attached hydrogens (tertiary/aromatic N) is 1. The van der Waals surface area contributed by atoms with Gasteiger partial charge in [0.1, 0.15) is 5.56 Å². The van der Waals surface area contributed by atoms with E-state index in [1.54, 1.807) is 12.1 Å². The molecule has 0 unspecified atom stereocenters. The Bertz CT molecular complexity index is 439. The summed E-state index contributed by atoms with van der Waals surface area (Å²) in [5.74, 6) is -0.343. The molecule has 0 bridgehead atoms. The molecule has 1 aliphatic carbocycles. The number of nitro benzene ring substituents is 1. The van der Waals surface area contributed by atoms with Crippen molar-refractivity contribution in [3.63, 3.8) is 0 Å². The lowest BCUT2D eigenvalue weighted by Crippen LogP contribution is -2.32. The van der Waals surface area contributed by atoms with Gasteiger partial charge in [0.05, 0.1) is 4.92 Å². The molecule has 1 amide bonds. The minimum absolute atomic E-state index is 0.136. The van der Waals surface area contributed by atoms with Gasteiger partial charge < -0.3 is 5.32 Å². The summed E-state index contributed by atoms with van der Waals surface area (Å²) < 4.78 is 0. The summed E-state index contributed by atoms with van der Waals surface area (Å²) in [6.45, 7) is 0. The minimum Gasteiger partial charge on any atom is -0.349 e. The number of carbonyl (C=O) groups is 1. The molecule has 5 heteroatoms. The van der Waals surface area contributed by atoms with Gasteiger partial charge in [0.25, 0.3) is 11.6 Å². The third kappa shape index (κ3) is 2.61. The number of carbonyl (C=O) groups excluding carboxylic acids is 1. The Labute approximate surface area is 99.0 Å². The fraction of sp³-hybridized carbons (Fsp3) is 0.417. The van der Waals surface area contributed by atoms with E-state index in [1.807, 2.05) is 0 Å². The molecule has 5 nitrogen and oxygen atoms in total. The quantitative estimate of drug-likeness (QED) is 0.644. The van der Waals surface area contributed by atoms with Crippen LogP contribution in [0.2, 0.25) is 0 Å². The standard InChI is InChI=1S/C12H14N2O3/c15-12(13-9-5-1-2-6-9)10-7-3-4-8-11(10)14(16)17/h3-4,7-9H,1-2,5-6H2,(H,13,15). The number of rotatable bonds is 3. The zero-order valence-corrected chi connectivity index (χ0v) is 9.39. The minimum atomic E-state index is -0.524. The van der Waals surface area contributed by atoms with Gasteiger partial charge in [0.15, 0.2) is 0 Å². The highest BCUT2D eigenvalue weighted by Crippen LogP contribution is 2.21. The molecular formula is C12H14N2O3. The first kappa shape index (κ1) is 11.6. The second-order valence-electron chi connectivity index (χ2n) is 4.23. The highest BCUT2D eigenvalue weighted by molar-refractivity contribution is 5.98. The number of hydrogen-bond acceptors (Lipinski definition) is 3. The summed E-state index contributed by atoms with van der Waals surface area (Å²) in [5.41, 5.74) is 0.00685. The van der Waals surface area contributed by atoms with E-state index in [9.17, 15) is 14.9 Å². The molecule has 0 spiro atoms. The van der Waals surface area contributed by atoms with Gasteiger partial charge in [-0.05, 0) is 18.9 Å². The van der Waals surface area contributed by atoms with Crippen LogP contribution < -0.4 is 5.32 Å². The number of benzene rings is 1. The van der Waals surface area contributed by atoms with Crippen molar-refractivity contribution in [2.24, 2.45) is 0 Å². The van der Waals surface area contributed by atoms with E-state index in [1.165, 1.54) is 12.1 Å². The van der Waals surface area contributed by atoms with Crippen molar-refractivity contribution in [1.29, 1.82) is 0 Å². The molecule has 1 fully saturated rings. The summed E-state index contributed by atoms with van der Waals surface area (Å²) in [6.07, 6.45) is 4.16. The molecule has 0 aromatic heterocycles. The molecular weight excluding hydrogens is 220 g/mol. The Kier molecular flexibility index (Phi) is 3.37. The van der Waals surface area contributed by atoms with Crippen molar-refractivity contribution in [2.75, 3.05) is 0 Å². The van der Waals surface area contributed by atoms with Gasteiger partial charge >= 0.3 is 0 Å². The zero-order valence-electron chi connectivity index (χ0n) is 9.39. The molecule has 1 aromatic carbocycles. The van der Waals surface area contributed by atoms with Crippen LogP contribution in [0.5, 0.6) is 0 Å². The van der Waals surface area contributed by atoms with Crippen LogP contribution in [0, 0.1) is 10.1 Å². The molecule has 0 aliphatic heterocycles. The predicted molar refractivity (Wildman–Crippen MR) is 62.8 cm³/mol. The zero-order chi connectivity index (χ0) is 12.3. The first-order valence-electron chi connectivity index (χ1n) is 5.73. The number of para-hydroxylation sites is 1. The first-order chi connectivity index (χ1) is 8.18. The Morgan fingerprint density at radius 2 is 1.94 bits per heavy atom. The molecule has 90 valence electrons. The van der Waals surface area contributed by atoms with Crippen LogP contribution in [0.1, 0.15) is 36.0 Å². The molecule has 0 saturated heterocycles. The number of hydrogen-bond donors (Lipinski definition) is 1. The summed E-state index contributed by atoms with van der Waals surface area (Å²) in [4.78, 5) is 22.2. The van der Waals surface area contributed by atoms with Crippen LogP contribution in [-0.2, 0) is 0 Å². The highest BCUT2D eigenvalue weighted by atomic mass is 16.6. The van der Waals surface area contributed by atoms with Gasteiger partial charge in [-0.2, -0.15) is 0 Å². The Morgan fingerprint density at radius 1 is 1.29 bits per heavy atom. The van der Waals surface area contributed by atoms with Gasteiger partial charge in [-0.1, -0.05) is 25.0 Å². The summed E-state index contributed by atoms with van der Waals surface area (Å²) in [7, 11) is 0. The van der Waals surface area contributed by atoms with Crippen molar-refractivity contribution < 1.29 is 9.72 Å². The van der Waals surface area contributed by atoms with Gasteiger partial charge in [-0.3, -0.25) is 14.9 Å². The predicted octanol–water partition coefficient (Wildman–Crippen LogP) is 2.27. The van der Waals surface area contributed by atoms with Crippen LogP contribution in [0.4, 0.5) is 5.69 Å². The van der Waals surface area contributed by atoms with Crippen LogP contribution in [0.15, 0.2) is 24.3 Å². The second kappa shape index (κ2) is 4.95. The Hall–Kier alpha value is -1.91. The van der Waals surface area contributed by atoms with Gasteiger partial charge in [0, 0.05) is 12.1 Å². The maximum Gasteiger partial charge on any atom is 0.282 e. The van der Waals surface area contributed by atoms with E-state index in [-0.39, 0.29) is 23.2 Å². The molecule has 2 rings (SSSR count). The van der Waals surface area contributed by atoms with E-state index in [0.29, 0.717) is 0 Å². The first-order valence-corrected chi connectivity index (χ1v) is 5.73. The lowest BCUT2D eigenvalue weighted by Gasteiger charge is -2.11. The monoisotopic (exact) mass is 234 g/mol. The smallest absolute Gasteiger partial charge is 0.282 e. The number of nitro groups is 1. The maximum atomic E-state index is 11.9. The summed E-state index contributed by atoms with van der Waals surface area (Å²) in [5, 5.41) is 13.6. The molecule has 1 saturated carbocycles. The van der Waals surface area contributed by atoms with E-state index in [4.69, 9.17) is 0 Å². The van der Waals surface area contributed by atoms with Crippen molar-refractivity contribution in [2.45, 2.75) is 31.7 Å². The molecule has 1 N–H and O–H groups in total. The fourth-order valence-corrected chi connectivity index (χ4v) is 2.16. The Morgan fingerprint density at radius 3 is 2.59 bits per heavy atom. The largest absolute Gasteiger partial charge is 0.349 e. The summed E-state index contributed by atoms with van der Waals surface area (Å²) >= 11 is 0. The molecule has 1 aliphatic rings. The third-order valence-electron chi connectivity index (χ3n) is 3.04. The number of amides is 1. The molecule has 0 heterocycles. The lowest BCUT2D eigenvalue weighted by molar-refractivity contribution is -0.385. The van der Waals surface area contributed by atoms with E-state index < -0.39 is 4.92 Å². The molecule has 0 radical (unpaired) electrons. The Balaban J connectivity index is 2.15. The van der Waals surface area contributed by atoms with E-state index in [0.717, 1.165) is 25.7 Å². The molecule has 17 heavy (non-hydrogen) atoms. The van der Waals surface area contributed by atoms with Gasteiger partial charge in [-0.25, -0.2) is 0 Å². The van der Waals surface area contributed by atoms with Crippen LogP contribution in [0.3, 0.4) is 0 Å². The van der Waals surface area contributed by atoms with Crippen molar-refractivity contribution in [1.82, 2.24) is 5.32 Å².